The predicted molar refractivity (Wildman–Crippen MR) is 117 cm³/mol. The highest BCUT2D eigenvalue weighted by atomic mass is 32.1. The van der Waals surface area contributed by atoms with Crippen molar-refractivity contribution in [2.75, 3.05) is 12.0 Å². The number of amides is 1. The van der Waals surface area contributed by atoms with Crippen molar-refractivity contribution in [1.29, 1.82) is 0 Å². The smallest absolute Gasteiger partial charge is 0.324 e. The topological polar surface area (TPSA) is 98.5 Å². The molecule has 0 N–H and O–H groups in total. The molecule has 0 aliphatic rings. The molecule has 1 aromatic carbocycles. The number of carbonyl (C=O) groups excluding carboxylic acids is 1. The van der Waals surface area contributed by atoms with E-state index in [0.29, 0.717) is 22.1 Å². The van der Waals surface area contributed by atoms with E-state index < -0.39 is 4.92 Å². The summed E-state index contributed by atoms with van der Waals surface area (Å²) in [5.74, 6) is 0.254. The normalized spacial score (nSPS) is 10.9. The van der Waals surface area contributed by atoms with Crippen LogP contribution in [-0.4, -0.2) is 27.9 Å². The second-order valence-electron chi connectivity index (χ2n) is 6.37. The molecule has 3 heterocycles. The van der Waals surface area contributed by atoms with Gasteiger partial charge in [0.2, 0.25) is 0 Å². The van der Waals surface area contributed by atoms with Crippen molar-refractivity contribution in [1.82, 2.24) is 9.97 Å². The number of ether oxygens (including phenoxy) is 1. The number of fused-ring (bicyclic) bond motifs is 1. The van der Waals surface area contributed by atoms with Gasteiger partial charge in [-0.05, 0) is 36.8 Å². The molecular formula is C20H16N4O4S2. The molecule has 0 radical (unpaired) electrons. The van der Waals surface area contributed by atoms with Gasteiger partial charge in [-0.1, -0.05) is 34.8 Å². The molecule has 0 spiro atoms. The number of carbonyl (C=O) groups is 1. The van der Waals surface area contributed by atoms with E-state index >= 15 is 0 Å². The number of aromatic nitrogens is 2. The molecule has 152 valence electrons. The molecule has 0 fully saturated rings. The lowest BCUT2D eigenvalue weighted by Gasteiger charge is -2.18. The lowest BCUT2D eigenvalue weighted by Crippen LogP contribution is -2.30. The van der Waals surface area contributed by atoms with Crippen LogP contribution in [0.25, 0.3) is 10.2 Å². The average Bonchev–Trinajstić information content (AvgIpc) is 3.41. The van der Waals surface area contributed by atoms with Crippen LogP contribution in [0.2, 0.25) is 0 Å². The van der Waals surface area contributed by atoms with Crippen molar-refractivity contribution in [3.05, 3.63) is 74.9 Å². The summed E-state index contributed by atoms with van der Waals surface area (Å²) in [5, 5.41) is 11.4. The number of methoxy groups -OCH3 is 1. The van der Waals surface area contributed by atoms with Crippen LogP contribution < -0.4 is 9.64 Å². The van der Waals surface area contributed by atoms with Gasteiger partial charge in [0, 0.05) is 12.3 Å². The Kier molecular flexibility index (Phi) is 5.42. The number of thiazole rings is 1. The molecule has 4 rings (SSSR count). The fourth-order valence-electron chi connectivity index (χ4n) is 2.93. The molecule has 0 saturated carbocycles. The molecular weight excluding hydrogens is 424 g/mol. The van der Waals surface area contributed by atoms with Crippen LogP contribution in [0.3, 0.4) is 0 Å². The van der Waals surface area contributed by atoms with Gasteiger partial charge >= 0.3 is 5.00 Å². The average molecular weight is 441 g/mol. The highest BCUT2D eigenvalue weighted by molar-refractivity contribution is 7.22. The van der Waals surface area contributed by atoms with E-state index in [1.54, 1.807) is 19.4 Å². The number of thiophene rings is 1. The third-order valence-electron chi connectivity index (χ3n) is 4.42. The summed E-state index contributed by atoms with van der Waals surface area (Å²) in [7, 11) is 1.57. The number of aryl methyl sites for hydroxylation is 1. The third kappa shape index (κ3) is 3.74. The van der Waals surface area contributed by atoms with Gasteiger partial charge < -0.3 is 4.74 Å². The van der Waals surface area contributed by atoms with Crippen molar-refractivity contribution < 1.29 is 14.5 Å². The number of hydrogen-bond donors (Lipinski definition) is 0. The molecule has 10 heteroatoms. The van der Waals surface area contributed by atoms with E-state index in [0.717, 1.165) is 21.6 Å². The van der Waals surface area contributed by atoms with Gasteiger partial charge in [0.05, 0.1) is 33.8 Å². The molecule has 0 bridgehead atoms. The maximum Gasteiger partial charge on any atom is 0.324 e. The van der Waals surface area contributed by atoms with Gasteiger partial charge in [-0.15, -0.1) is 0 Å². The second kappa shape index (κ2) is 8.17. The molecule has 1 amide bonds. The zero-order valence-corrected chi connectivity index (χ0v) is 17.7. The first kappa shape index (κ1) is 19.9. The Labute approximate surface area is 179 Å². The Balaban J connectivity index is 1.80. The number of pyridine rings is 1. The lowest BCUT2D eigenvalue weighted by molar-refractivity contribution is -0.380. The lowest BCUT2D eigenvalue weighted by atomic mass is 10.2. The number of hydrogen-bond acceptors (Lipinski definition) is 8. The minimum atomic E-state index is -0.504. The van der Waals surface area contributed by atoms with Gasteiger partial charge in [0.1, 0.15) is 11.3 Å². The van der Waals surface area contributed by atoms with Gasteiger partial charge in [-0.25, -0.2) is 4.98 Å². The van der Waals surface area contributed by atoms with Gasteiger partial charge in [-0.3, -0.25) is 24.8 Å². The monoisotopic (exact) mass is 440 g/mol. The molecule has 4 aromatic rings. The highest BCUT2D eigenvalue weighted by Gasteiger charge is 2.26. The Morgan fingerprint density at radius 3 is 2.70 bits per heavy atom. The Bertz CT molecular complexity index is 1240. The minimum absolute atomic E-state index is 0.0852. The van der Waals surface area contributed by atoms with Crippen molar-refractivity contribution in [2.24, 2.45) is 0 Å². The summed E-state index contributed by atoms with van der Waals surface area (Å²) in [5.41, 5.74) is 2.37. The maximum atomic E-state index is 13.3. The third-order valence-corrected chi connectivity index (χ3v) is 6.66. The fourth-order valence-corrected chi connectivity index (χ4v) is 4.75. The van der Waals surface area contributed by atoms with E-state index in [1.165, 1.54) is 28.4 Å². The van der Waals surface area contributed by atoms with E-state index in [9.17, 15) is 14.9 Å². The number of rotatable bonds is 6. The maximum absolute atomic E-state index is 13.3. The first-order valence-electron chi connectivity index (χ1n) is 8.88. The molecule has 0 atom stereocenters. The zero-order chi connectivity index (χ0) is 21.3. The van der Waals surface area contributed by atoms with Crippen LogP contribution in [0.5, 0.6) is 5.75 Å². The summed E-state index contributed by atoms with van der Waals surface area (Å²) in [6.45, 7) is 2.16. The summed E-state index contributed by atoms with van der Waals surface area (Å²) in [4.78, 5) is 34.6. The number of nitrogens with zero attached hydrogens (tertiary/aromatic N) is 4. The quantitative estimate of drug-likeness (QED) is 0.315. The fraction of sp³-hybridized carbons (Fsp3) is 0.150. The number of nitro groups is 1. The highest BCUT2D eigenvalue weighted by Crippen LogP contribution is 2.38. The van der Waals surface area contributed by atoms with Crippen LogP contribution in [-0.2, 0) is 6.54 Å². The van der Waals surface area contributed by atoms with Crippen LogP contribution in [0.1, 0.15) is 20.9 Å². The van der Waals surface area contributed by atoms with Gasteiger partial charge in [0.25, 0.3) is 5.91 Å². The summed E-state index contributed by atoms with van der Waals surface area (Å²) < 4.78 is 6.34. The summed E-state index contributed by atoms with van der Waals surface area (Å²) in [6, 6.07) is 12.0. The van der Waals surface area contributed by atoms with Crippen LogP contribution >= 0.6 is 22.7 Å². The Morgan fingerprint density at radius 1 is 1.20 bits per heavy atom. The molecule has 0 aliphatic carbocycles. The standard InChI is InChI=1S/C20H16N4O4S2/c1-12-6-7-14(28-2)17-18(12)30-20(22-17)23(11-13-5-3-4-10-21-13)19(25)15-8-9-16(29-15)24(26)27/h3-10H,11H2,1-2H3. The van der Waals surface area contributed by atoms with E-state index in [2.05, 4.69) is 9.97 Å². The van der Waals surface area contributed by atoms with Crippen LogP contribution in [0.15, 0.2) is 48.7 Å². The summed E-state index contributed by atoms with van der Waals surface area (Å²) >= 11 is 2.22. The zero-order valence-electron chi connectivity index (χ0n) is 16.1. The Hall–Kier alpha value is -3.37. The molecule has 30 heavy (non-hydrogen) atoms. The van der Waals surface area contributed by atoms with Crippen molar-refractivity contribution in [3.63, 3.8) is 0 Å². The van der Waals surface area contributed by atoms with Gasteiger partial charge in [-0.2, -0.15) is 0 Å². The predicted octanol–water partition coefficient (Wildman–Crippen LogP) is 4.83. The Morgan fingerprint density at radius 2 is 2.03 bits per heavy atom. The molecule has 0 aliphatic heterocycles. The molecule has 0 saturated heterocycles. The van der Waals surface area contributed by atoms with E-state index in [1.807, 2.05) is 31.2 Å². The number of anilines is 1. The van der Waals surface area contributed by atoms with Crippen molar-refractivity contribution >= 4 is 48.9 Å². The van der Waals surface area contributed by atoms with Crippen LogP contribution in [0.4, 0.5) is 10.1 Å². The largest absolute Gasteiger partial charge is 0.494 e. The summed E-state index contributed by atoms with van der Waals surface area (Å²) in [6.07, 6.45) is 1.65. The minimum Gasteiger partial charge on any atom is -0.494 e. The first-order chi connectivity index (χ1) is 14.5. The van der Waals surface area contributed by atoms with Crippen molar-refractivity contribution in [2.45, 2.75) is 13.5 Å². The van der Waals surface area contributed by atoms with Crippen molar-refractivity contribution in [3.8, 4) is 5.75 Å². The van der Waals surface area contributed by atoms with Gasteiger partial charge in [0.15, 0.2) is 5.13 Å². The van der Waals surface area contributed by atoms with Crippen LogP contribution in [0, 0.1) is 17.0 Å². The molecule has 0 unspecified atom stereocenters. The number of benzene rings is 1. The molecule has 8 nitrogen and oxygen atoms in total. The second-order valence-corrected chi connectivity index (χ2v) is 8.41. The SMILES string of the molecule is COc1ccc(C)c2sc(N(Cc3ccccn3)C(=O)c3ccc([N+](=O)[O-])s3)nc12. The first-order valence-corrected chi connectivity index (χ1v) is 10.5. The van der Waals surface area contributed by atoms with E-state index in [4.69, 9.17) is 4.74 Å². The van der Waals surface area contributed by atoms with E-state index in [-0.39, 0.29) is 22.3 Å². The molecule has 3 aromatic heterocycles.